The molecule has 3 nitrogen and oxygen atoms in total. The summed E-state index contributed by atoms with van der Waals surface area (Å²) in [6.07, 6.45) is 6.48. The zero-order valence-electron chi connectivity index (χ0n) is 10.9. The highest BCUT2D eigenvalue weighted by Crippen LogP contribution is 2.59. The first-order valence-electron chi connectivity index (χ1n) is 6.79. The normalized spacial score (nSPS) is 35.7. The molecule has 1 heterocycles. The molecule has 1 aromatic heterocycles. The van der Waals surface area contributed by atoms with Crippen LogP contribution in [0.25, 0.3) is 0 Å². The van der Waals surface area contributed by atoms with Gasteiger partial charge in [0.2, 0.25) is 5.95 Å². The molecule has 1 N–H and O–H groups in total. The number of hydrogen-bond acceptors (Lipinski definition) is 3. The molecule has 3 fully saturated rings. The Morgan fingerprint density at radius 2 is 2.00 bits per heavy atom. The molecule has 3 saturated carbocycles. The maximum atomic E-state index is 4.43. The Kier molecular flexibility index (Phi) is 2.57. The fourth-order valence-corrected chi connectivity index (χ4v) is 3.05. The van der Waals surface area contributed by atoms with Gasteiger partial charge in [-0.1, -0.05) is 20.8 Å². The van der Waals surface area contributed by atoms with Crippen LogP contribution in [0.1, 0.15) is 45.1 Å². The Hall–Kier alpha value is -1.12. The third-order valence-corrected chi connectivity index (χ3v) is 4.97. The van der Waals surface area contributed by atoms with Crippen LogP contribution < -0.4 is 5.32 Å². The van der Waals surface area contributed by atoms with Crippen LogP contribution in [0.4, 0.5) is 5.95 Å². The van der Waals surface area contributed by atoms with E-state index in [4.69, 9.17) is 0 Å². The van der Waals surface area contributed by atoms with Gasteiger partial charge in [-0.15, -0.1) is 0 Å². The zero-order valence-corrected chi connectivity index (χ0v) is 10.9. The van der Waals surface area contributed by atoms with Gasteiger partial charge >= 0.3 is 0 Å². The van der Waals surface area contributed by atoms with Gasteiger partial charge in [-0.3, -0.25) is 0 Å². The van der Waals surface area contributed by atoms with Gasteiger partial charge in [0.1, 0.15) is 0 Å². The van der Waals surface area contributed by atoms with Crippen molar-refractivity contribution in [3.8, 4) is 0 Å². The molecule has 0 saturated heterocycles. The van der Waals surface area contributed by atoms with Crippen LogP contribution in [-0.2, 0) is 0 Å². The summed E-state index contributed by atoms with van der Waals surface area (Å²) in [5.74, 6) is 4.03. The van der Waals surface area contributed by atoms with Gasteiger partial charge in [-0.25, -0.2) is 9.97 Å². The molecule has 0 aromatic carbocycles. The molecule has 92 valence electrons. The maximum absolute atomic E-state index is 4.43. The van der Waals surface area contributed by atoms with Crippen LogP contribution in [0.5, 0.6) is 0 Å². The number of nitrogens with one attached hydrogen (secondary N) is 1. The van der Waals surface area contributed by atoms with Gasteiger partial charge in [0.15, 0.2) is 0 Å². The van der Waals surface area contributed by atoms with E-state index in [9.17, 15) is 0 Å². The molecule has 0 spiro atoms. The van der Waals surface area contributed by atoms with Crippen LogP contribution in [0, 0.1) is 17.8 Å². The molecule has 0 aliphatic heterocycles. The molecule has 17 heavy (non-hydrogen) atoms. The molecule has 3 unspecified atom stereocenters. The molecule has 3 atom stereocenters. The number of nitrogens with zero attached hydrogens (tertiary/aromatic N) is 2. The quantitative estimate of drug-likeness (QED) is 0.865. The first-order valence-corrected chi connectivity index (χ1v) is 6.79. The van der Waals surface area contributed by atoms with Gasteiger partial charge in [0.05, 0.1) is 0 Å². The van der Waals surface area contributed by atoms with E-state index in [1.165, 1.54) is 12.0 Å². The molecule has 3 aliphatic rings. The molecule has 0 radical (unpaired) electrons. The maximum Gasteiger partial charge on any atom is 0.222 e. The van der Waals surface area contributed by atoms with Crippen LogP contribution in [-0.4, -0.2) is 16.0 Å². The highest BCUT2D eigenvalue weighted by atomic mass is 15.1. The first kappa shape index (κ1) is 11.0. The molecule has 3 heteroatoms. The van der Waals surface area contributed by atoms with E-state index in [0.29, 0.717) is 12.0 Å². The lowest BCUT2D eigenvalue weighted by atomic mass is 9.45. The van der Waals surface area contributed by atoms with Crippen molar-refractivity contribution in [2.45, 2.75) is 45.6 Å². The lowest BCUT2D eigenvalue weighted by Gasteiger charge is -2.63. The largest absolute Gasteiger partial charge is 0.351 e. The van der Waals surface area contributed by atoms with Crippen molar-refractivity contribution in [1.29, 1.82) is 0 Å². The second kappa shape index (κ2) is 3.97. The van der Waals surface area contributed by atoms with E-state index in [0.717, 1.165) is 30.1 Å². The van der Waals surface area contributed by atoms with Crippen molar-refractivity contribution in [2.75, 3.05) is 5.32 Å². The van der Waals surface area contributed by atoms with Gasteiger partial charge in [-0.05, 0) is 42.1 Å². The monoisotopic (exact) mass is 231 g/mol. The van der Waals surface area contributed by atoms with Crippen molar-refractivity contribution in [3.63, 3.8) is 0 Å². The summed E-state index contributed by atoms with van der Waals surface area (Å²) < 4.78 is 0. The van der Waals surface area contributed by atoms with Crippen LogP contribution in [0.2, 0.25) is 0 Å². The summed E-state index contributed by atoms with van der Waals surface area (Å²) in [7, 11) is 0. The van der Waals surface area contributed by atoms with Crippen LogP contribution >= 0.6 is 0 Å². The smallest absolute Gasteiger partial charge is 0.222 e. The average molecular weight is 231 g/mol. The Labute approximate surface area is 103 Å². The third kappa shape index (κ3) is 1.63. The SMILES string of the molecule is CCC(C)c1cnc(NC2C3CC2C3C)nc1. The number of rotatable bonds is 4. The highest BCUT2D eigenvalue weighted by Gasteiger charge is 2.58. The van der Waals surface area contributed by atoms with Crippen molar-refractivity contribution >= 4 is 5.95 Å². The van der Waals surface area contributed by atoms with Gasteiger partial charge in [-0.2, -0.15) is 0 Å². The number of aromatic nitrogens is 2. The highest BCUT2D eigenvalue weighted by molar-refractivity contribution is 5.33. The Morgan fingerprint density at radius 3 is 2.47 bits per heavy atom. The van der Waals surface area contributed by atoms with E-state index in [-0.39, 0.29) is 0 Å². The number of anilines is 1. The molecular formula is C14H21N3. The summed E-state index contributed by atoms with van der Waals surface area (Å²) in [5, 5.41) is 3.47. The topological polar surface area (TPSA) is 37.8 Å². The predicted octanol–water partition coefficient (Wildman–Crippen LogP) is 3.06. The molecular weight excluding hydrogens is 210 g/mol. The fraction of sp³-hybridized carbons (Fsp3) is 0.714. The van der Waals surface area contributed by atoms with Crippen molar-refractivity contribution < 1.29 is 0 Å². The molecule has 3 aliphatic carbocycles. The second-order valence-electron chi connectivity index (χ2n) is 5.74. The summed E-state index contributed by atoms with van der Waals surface area (Å²) in [6.45, 7) is 6.76. The number of hydrogen-bond donors (Lipinski definition) is 1. The van der Waals surface area contributed by atoms with Crippen LogP contribution in [0.15, 0.2) is 12.4 Å². The van der Waals surface area contributed by atoms with Gasteiger partial charge in [0, 0.05) is 18.4 Å². The minimum Gasteiger partial charge on any atom is -0.351 e. The van der Waals surface area contributed by atoms with Crippen molar-refractivity contribution in [1.82, 2.24) is 9.97 Å². The van der Waals surface area contributed by atoms with E-state index >= 15 is 0 Å². The molecule has 4 rings (SSSR count). The Bertz CT molecular complexity index is 390. The fourth-order valence-electron chi connectivity index (χ4n) is 3.05. The summed E-state index contributed by atoms with van der Waals surface area (Å²) in [4.78, 5) is 8.85. The van der Waals surface area contributed by atoms with Gasteiger partial charge < -0.3 is 5.32 Å². The summed E-state index contributed by atoms with van der Waals surface area (Å²) in [6, 6.07) is 0.652. The second-order valence-corrected chi connectivity index (χ2v) is 5.74. The van der Waals surface area contributed by atoms with E-state index in [1.807, 2.05) is 12.4 Å². The minimum absolute atomic E-state index is 0.557. The lowest BCUT2D eigenvalue weighted by Crippen LogP contribution is -2.65. The van der Waals surface area contributed by atoms with Crippen LogP contribution in [0.3, 0.4) is 0 Å². The van der Waals surface area contributed by atoms with Gasteiger partial charge in [0.25, 0.3) is 0 Å². The first-order chi connectivity index (χ1) is 8.20. The third-order valence-electron chi connectivity index (χ3n) is 4.97. The van der Waals surface area contributed by atoms with E-state index in [1.54, 1.807) is 0 Å². The van der Waals surface area contributed by atoms with E-state index in [2.05, 4.69) is 36.1 Å². The Balaban J connectivity index is 1.61. The lowest BCUT2D eigenvalue weighted by molar-refractivity contribution is -0.0864. The molecule has 1 aromatic rings. The Morgan fingerprint density at radius 1 is 1.35 bits per heavy atom. The van der Waals surface area contributed by atoms with E-state index < -0.39 is 0 Å². The van der Waals surface area contributed by atoms with Crippen molar-refractivity contribution in [2.24, 2.45) is 17.8 Å². The molecule has 0 amide bonds. The summed E-state index contributed by atoms with van der Waals surface area (Å²) in [5.41, 5.74) is 1.24. The predicted molar refractivity (Wildman–Crippen MR) is 68.9 cm³/mol. The van der Waals surface area contributed by atoms with Crippen molar-refractivity contribution in [3.05, 3.63) is 18.0 Å². The summed E-state index contributed by atoms with van der Waals surface area (Å²) >= 11 is 0. The minimum atomic E-state index is 0.557. The zero-order chi connectivity index (χ0) is 12.0. The molecule has 2 bridgehead atoms. The average Bonchev–Trinajstić information content (AvgIpc) is 2.33. The standard InChI is InChI=1S/C14H21N3/c1-4-8(2)10-6-15-14(16-7-10)17-13-11-5-12(13)9(11)3/h6-9,11-13H,4-5H2,1-3H3,(H,15,16,17).